The molecule has 0 unspecified atom stereocenters. The summed E-state index contributed by atoms with van der Waals surface area (Å²) in [6, 6.07) is 41.0. The number of hydrogen-bond donors (Lipinski definition) is 0. The molecule has 8 rings (SSSR count). The van der Waals surface area contributed by atoms with Gasteiger partial charge < -0.3 is 0 Å². The molecule has 0 N–H and O–H groups in total. The maximum Gasteiger partial charge on any atom is 0.147 e. The molecule has 0 bridgehead atoms. The van der Waals surface area contributed by atoms with Crippen LogP contribution in [-0.4, -0.2) is 14.5 Å². The van der Waals surface area contributed by atoms with Crippen LogP contribution in [0.3, 0.4) is 0 Å². The number of pyridine rings is 1. The second-order valence-corrected chi connectivity index (χ2v) is 13.9. The van der Waals surface area contributed by atoms with E-state index in [0.717, 1.165) is 54.3 Å². The van der Waals surface area contributed by atoms with Gasteiger partial charge in [0.1, 0.15) is 16.5 Å². The normalized spacial score (nSPS) is 12.0. The summed E-state index contributed by atoms with van der Waals surface area (Å²) in [4.78, 5) is 11.3. The lowest BCUT2D eigenvalue weighted by Crippen LogP contribution is -2.12. The highest BCUT2D eigenvalue weighted by atomic mass is 32.1. The van der Waals surface area contributed by atoms with Crippen LogP contribution in [0, 0.1) is 12.7 Å². The van der Waals surface area contributed by atoms with Gasteiger partial charge in [0.05, 0.1) is 22.4 Å². The molecule has 0 atom stereocenters. The van der Waals surface area contributed by atoms with Crippen molar-refractivity contribution in [2.75, 3.05) is 0 Å². The summed E-state index contributed by atoms with van der Waals surface area (Å²) in [5, 5.41) is 2.31. The van der Waals surface area contributed by atoms with Crippen LogP contribution in [0.25, 0.3) is 70.8 Å². The first-order valence-electron chi connectivity index (χ1n) is 15.5. The predicted molar refractivity (Wildman–Crippen MR) is 191 cm³/mol. The molecule has 46 heavy (non-hydrogen) atoms. The number of aryl methyl sites for hydroxylation is 1. The number of nitrogens with zero attached hydrogens (tertiary/aromatic N) is 3. The van der Waals surface area contributed by atoms with Gasteiger partial charge in [-0.25, -0.2) is 14.4 Å². The second-order valence-electron chi connectivity index (χ2n) is 12.9. The van der Waals surface area contributed by atoms with Crippen molar-refractivity contribution in [3.05, 3.63) is 138 Å². The zero-order valence-corrected chi connectivity index (χ0v) is 27.0. The van der Waals surface area contributed by atoms with Gasteiger partial charge >= 0.3 is 0 Å². The van der Waals surface area contributed by atoms with E-state index in [1.807, 2.05) is 6.07 Å². The summed E-state index contributed by atoms with van der Waals surface area (Å²) in [5.41, 5.74) is 10.7. The monoisotopic (exact) mass is 617 g/mol. The van der Waals surface area contributed by atoms with E-state index in [1.165, 1.54) is 39.8 Å². The van der Waals surface area contributed by atoms with E-state index in [2.05, 4.69) is 123 Å². The fourth-order valence-electron chi connectivity index (χ4n) is 6.38. The smallest absolute Gasteiger partial charge is 0.147 e. The quantitative estimate of drug-likeness (QED) is 0.197. The number of para-hydroxylation sites is 2. The van der Waals surface area contributed by atoms with Crippen LogP contribution in [0.1, 0.15) is 31.9 Å². The number of rotatable bonds is 4. The summed E-state index contributed by atoms with van der Waals surface area (Å²) in [6.45, 7) is 8.94. The van der Waals surface area contributed by atoms with E-state index in [4.69, 9.17) is 9.97 Å². The third-order valence-electron chi connectivity index (χ3n) is 8.82. The van der Waals surface area contributed by atoms with Crippen molar-refractivity contribution in [2.24, 2.45) is 0 Å². The molecule has 0 aliphatic rings. The Balaban J connectivity index is 1.41. The lowest BCUT2D eigenvalue weighted by Gasteiger charge is -2.23. The fourth-order valence-corrected chi connectivity index (χ4v) is 7.64. The van der Waals surface area contributed by atoms with Crippen molar-refractivity contribution < 1.29 is 4.39 Å². The largest absolute Gasteiger partial charge is 0.292 e. The third-order valence-corrected chi connectivity index (χ3v) is 9.96. The van der Waals surface area contributed by atoms with Crippen molar-refractivity contribution in [3.63, 3.8) is 0 Å². The Morgan fingerprint density at radius 1 is 0.696 bits per heavy atom. The SMILES string of the molecule is Cc1ccc(-c2nc3ccccc3n2-c2ccc(C(C)(C)C)cc2-c2ccccc2)c2sc3nc(-c4ccc(F)cc4)ccc3c12. The molecule has 0 fully saturated rings. The van der Waals surface area contributed by atoms with Gasteiger partial charge in [0.2, 0.25) is 0 Å². The molecule has 0 saturated heterocycles. The van der Waals surface area contributed by atoms with Crippen molar-refractivity contribution in [1.82, 2.24) is 14.5 Å². The van der Waals surface area contributed by atoms with Gasteiger partial charge in [0.15, 0.2) is 0 Å². The van der Waals surface area contributed by atoms with Crippen LogP contribution in [0.4, 0.5) is 4.39 Å². The predicted octanol–water partition coefficient (Wildman–Crippen LogP) is 11.5. The van der Waals surface area contributed by atoms with Crippen LogP contribution < -0.4 is 0 Å². The summed E-state index contributed by atoms with van der Waals surface area (Å²) >= 11 is 1.69. The van der Waals surface area contributed by atoms with Gasteiger partial charge in [-0.05, 0) is 95.8 Å². The Morgan fingerprint density at radius 2 is 1.46 bits per heavy atom. The van der Waals surface area contributed by atoms with E-state index in [1.54, 1.807) is 23.5 Å². The summed E-state index contributed by atoms with van der Waals surface area (Å²) in [5.74, 6) is 0.649. The van der Waals surface area contributed by atoms with Crippen molar-refractivity contribution in [2.45, 2.75) is 33.1 Å². The molecule has 3 nitrogen and oxygen atoms in total. The maximum atomic E-state index is 13.6. The Kier molecular flexibility index (Phi) is 6.62. The average molecular weight is 618 g/mol. The number of thiophene rings is 1. The highest BCUT2D eigenvalue weighted by molar-refractivity contribution is 7.26. The Hall–Kier alpha value is -5.13. The molecule has 8 aromatic rings. The van der Waals surface area contributed by atoms with Crippen LogP contribution in [0.15, 0.2) is 121 Å². The van der Waals surface area contributed by atoms with Gasteiger partial charge in [-0.15, -0.1) is 11.3 Å². The van der Waals surface area contributed by atoms with Crippen molar-refractivity contribution >= 4 is 42.7 Å². The van der Waals surface area contributed by atoms with Gasteiger partial charge in [0, 0.05) is 32.2 Å². The lowest BCUT2D eigenvalue weighted by atomic mass is 9.85. The molecule has 3 aromatic heterocycles. The number of benzene rings is 5. The Labute approximate surface area is 271 Å². The van der Waals surface area contributed by atoms with E-state index < -0.39 is 0 Å². The van der Waals surface area contributed by atoms with Gasteiger partial charge in [-0.1, -0.05) is 75.4 Å². The standard InChI is InChI=1S/C41H32FN3S/c1-25-14-20-31(38-37(25)30-21-22-33(44-40(30)46-38)27-15-18-29(42)19-16-27)39-43-34-12-8-9-13-36(34)45(39)35-23-17-28(41(2,3)4)24-32(35)26-10-6-5-7-11-26/h5-24H,1-4H3. The first-order valence-corrected chi connectivity index (χ1v) is 16.3. The number of aromatic nitrogens is 3. The van der Waals surface area contributed by atoms with Crippen molar-refractivity contribution in [1.29, 1.82) is 0 Å². The van der Waals surface area contributed by atoms with Gasteiger partial charge in [-0.2, -0.15) is 0 Å². The highest BCUT2D eigenvalue weighted by Gasteiger charge is 2.23. The van der Waals surface area contributed by atoms with Crippen molar-refractivity contribution in [3.8, 4) is 39.5 Å². The first-order chi connectivity index (χ1) is 22.3. The maximum absolute atomic E-state index is 13.6. The molecular weight excluding hydrogens is 586 g/mol. The molecule has 5 aromatic carbocycles. The lowest BCUT2D eigenvalue weighted by molar-refractivity contribution is 0.590. The van der Waals surface area contributed by atoms with E-state index >= 15 is 0 Å². The Bertz CT molecular complexity index is 2410. The zero-order valence-electron chi connectivity index (χ0n) is 26.2. The molecule has 5 heteroatoms. The molecule has 3 heterocycles. The molecule has 0 saturated carbocycles. The number of halogens is 1. The van der Waals surface area contributed by atoms with Crippen LogP contribution in [-0.2, 0) is 5.41 Å². The fraction of sp³-hybridized carbons (Fsp3) is 0.122. The zero-order chi connectivity index (χ0) is 31.6. The van der Waals surface area contributed by atoms with E-state index in [9.17, 15) is 4.39 Å². The molecule has 0 aliphatic carbocycles. The molecule has 0 radical (unpaired) electrons. The molecular formula is C41H32FN3S. The van der Waals surface area contributed by atoms with E-state index in [-0.39, 0.29) is 11.2 Å². The average Bonchev–Trinajstić information content (AvgIpc) is 3.64. The number of imidazole rings is 1. The number of hydrogen-bond acceptors (Lipinski definition) is 3. The minimum absolute atomic E-state index is 0.00184. The highest BCUT2D eigenvalue weighted by Crippen LogP contribution is 2.44. The Morgan fingerprint density at radius 3 is 2.24 bits per heavy atom. The molecule has 224 valence electrons. The van der Waals surface area contributed by atoms with Gasteiger partial charge in [-0.3, -0.25) is 4.57 Å². The van der Waals surface area contributed by atoms with Crippen LogP contribution in [0.5, 0.6) is 0 Å². The number of fused-ring (bicyclic) bond motifs is 4. The second kappa shape index (κ2) is 10.7. The summed E-state index contributed by atoms with van der Waals surface area (Å²) in [6.07, 6.45) is 0. The van der Waals surface area contributed by atoms with E-state index in [0.29, 0.717) is 0 Å². The van der Waals surface area contributed by atoms with Gasteiger partial charge in [0.25, 0.3) is 0 Å². The molecule has 0 amide bonds. The first kappa shape index (κ1) is 28.4. The minimum atomic E-state index is -0.252. The topological polar surface area (TPSA) is 30.7 Å². The summed E-state index contributed by atoms with van der Waals surface area (Å²) < 4.78 is 17.1. The summed E-state index contributed by atoms with van der Waals surface area (Å²) in [7, 11) is 0. The minimum Gasteiger partial charge on any atom is -0.292 e. The van der Waals surface area contributed by atoms with Crippen LogP contribution in [0.2, 0.25) is 0 Å². The molecule has 0 aliphatic heterocycles. The van der Waals surface area contributed by atoms with Crippen LogP contribution >= 0.6 is 11.3 Å². The third kappa shape index (κ3) is 4.70. The molecule has 0 spiro atoms.